The number of carbonyl (C=O) groups excluding carboxylic acids is 1. The standard InChI is InChI=1S/C15H11Br3N4O4/c16-10-4-12(18)13(5-11(10)17)19-7-15(24)21-20-6-8-3-9(22(25)26)1-2-14(8)23/h1-6,19,23H,7H2,(H,21,24). The third-order valence-corrected chi connectivity index (χ3v) is 5.56. The van der Waals surface area contributed by atoms with Crippen molar-refractivity contribution in [3.05, 3.63) is 59.4 Å². The fourth-order valence-electron chi connectivity index (χ4n) is 1.81. The lowest BCUT2D eigenvalue weighted by Crippen LogP contribution is -2.26. The van der Waals surface area contributed by atoms with Gasteiger partial charge < -0.3 is 10.4 Å². The number of nitrogens with zero attached hydrogens (tertiary/aromatic N) is 2. The first-order valence-corrected chi connectivity index (χ1v) is 9.33. The van der Waals surface area contributed by atoms with E-state index >= 15 is 0 Å². The molecule has 2 aromatic carbocycles. The SMILES string of the molecule is O=C(CNc1cc(Br)c(Br)cc1Br)NN=Cc1cc([N+](=O)[O-])ccc1O. The van der Waals surface area contributed by atoms with Crippen molar-refractivity contribution in [2.75, 3.05) is 11.9 Å². The Balaban J connectivity index is 1.95. The maximum Gasteiger partial charge on any atom is 0.270 e. The summed E-state index contributed by atoms with van der Waals surface area (Å²) in [4.78, 5) is 22.0. The molecule has 0 bridgehead atoms. The molecule has 0 heterocycles. The van der Waals surface area contributed by atoms with Gasteiger partial charge in [-0.05, 0) is 66.0 Å². The Morgan fingerprint density at radius 2 is 1.88 bits per heavy atom. The summed E-state index contributed by atoms with van der Waals surface area (Å²) in [5, 5.41) is 27.0. The first kappa shape index (κ1) is 20.3. The van der Waals surface area contributed by atoms with Crippen molar-refractivity contribution in [1.29, 1.82) is 0 Å². The monoisotopic (exact) mass is 548 g/mol. The highest BCUT2D eigenvalue weighted by molar-refractivity contribution is 9.13. The third-order valence-electron chi connectivity index (χ3n) is 3.06. The number of halogens is 3. The van der Waals surface area contributed by atoms with Crippen LogP contribution < -0.4 is 10.7 Å². The van der Waals surface area contributed by atoms with E-state index in [9.17, 15) is 20.0 Å². The number of rotatable bonds is 6. The van der Waals surface area contributed by atoms with Crippen molar-refractivity contribution in [3.63, 3.8) is 0 Å². The van der Waals surface area contributed by atoms with E-state index in [1.54, 1.807) is 6.07 Å². The van der Waals surface area contributed by atoms with Crippen LogP contribution in [0.1, 0.15) is 5.56 Å². The Hall–Kier alpha value is -1.98. The number of hydrazone groups is 1. The van der Waals surface area contributed by atoms with E-state index < -0.39 is 10.8 Å². The lowest BCUT2D eigenvalue weighted by atomic mass is 10.2. The number of aromatic hydroxyl groups is 1. The van der Waals surface area contributed by atoms with Crippen LogP contribution in [0.5, 0.6) is 5.75 Å². The van der Waals surface area contributed by atoms with Crippen LogP contribution in [0, 0.1) is 10.1 Å². The number of amides is 1. The normalized spacial score (nSPS) is 10.7. The van der Waals surface area contributed by atoms with Gasteiger partial charge in [-0.3, -0.25) is 14.9 Å². The molecule has 0 saturated heterocycles. The summed E-state index contributed by atoms with van der Waals surface area (Å²) in [6.45, 7) is -0.0507. The summed E-state index contributed by atoms with van der Waals surface area (Å²) in [7, 11) is 0. The van der Waals surface area contributed by atoms with Gasteiger partial charge in [-0.15, -0.1) is 0 Å². The molecule has 3 N–H and O–H groups in total. The summed E-state index contributed by atoms with van der Waals surface area (Å²) in [6.07, 6.45) is 1.13. The van der Waals surface area contributed by atoms with E-state index in [-0.39, 0.29) is 23.5 Å². The molecular formula is C15H11Br3N4O4. The zero-order valence-corrected chi connectivity index (χ0v) is 17.6. The van der Waals surface area contributed by atoms with Gasteiger partial charge in [-0.1, -0.05) is 0 Å². The molecule has 0 spiro atoms. The number of hydrogen-bond acceptors (Lipinski definition) is 6. The predicted molar refractivity (Wildman–Crippen MR) is 109 cm³/mol. The van der Waals surface area contributed by atoms with E-state index in [0.29, 0.717) is 5.69 Å². The predicted octanol–water partition coefficient (Wildman–Crippen LogP) is 4.15. The highest BCUT2D eigenvalue weighted by Gasteiger charge is 2.09. The second-order valence-electron chi connectivity index (χ2n) is 4.89. The van der Waals surface area contributed by atoms with Crippen LogP contribution in [-0.4, -0.2) is 28.7 Å². The Morgan fingerprint density at radius 1 is 1.19 bits per heavy atom. The first-order chi connectivity index (χ1) is 12.3. The average molecular weight is 551 g/mol. The molecule has 2 rings (SSSR count). The topological polar surface area (TPSA) is 117 Å². The van der Waals surface area contributed by atoms with Crippen LogP contribution in [0.2, 0.25) is 0 Å². The Kier molecular flexibility index (Phi) is 7.12. The fourth-order valence-corrected chi connectivity index (χ4v) is 3.28. The van der Waals surface area contributed by atoms with Crippen molar-refractivity contribution < 1.29 is 14.8 Å². The summed E-state index contributed by atoms with van der Waals surface area (Å²) in [6, 6.07) is 7.13. The maximum absolute atomic E-state index is 11.8. The second-order valence-corrected chi connectivity index (χ2v) is 7.46. The lowest BCUT2D eigenvalue weighted by molar-refractivity contribution is -0.384. The van der Waals surface area contributed by atoms with Gasteiger partial charge in [0.1, 0.15) is 5.75 Å². The minimum Gasteiger partial charge on any atom is -0.507 e. The number of phenolic OH excluding ortho intramolecular Hbond substituents is 1. The summed E-state index contributed by atoms with van der Waals surface area (Å²) < 4.78 is 2.45. The molecule has 11 heteroatoms. The van der Waals surface area contributed by atoms with Gasteiger partial charge in [0.05, 0.1) is 23.4 Å². The van der Waals surface area contributed by atoms with Crippen molar-refractivity contribution in [3.8, 4) is 5.75 Å². The fraction of sp³-hybridized carbons (Fsp3) is 0.0667. The molecule has 0 saturated carbocycles. The van der Waals surface area contributed by atoms with Crippen molar-refractivity contribution in [1.82, 2.24) is 5.43 Å². The number of benzene rings is 2. The van der Waals surface area contributed by atoms with E-state index in [4.69, 9.17) is 0 Å². The van der Waals surface area contributed by atoms with Crippen LogP contribution in [0.15, 0.2) is 48.9 Å². The number of nitro groups is 1. The molecule has 1 amide bonds. The number of non-ortho nitro benzene ring substituents is 1. The number of anilines is 1. The number of phenols is 1. The second kappa shape index (κ2) is 9.10. The molecule has 0 aromatic heterocycles. The molecule has 0 aliphatic carbocycles. The molecule has 0 unspecified atom stereocenters. The third kappa shape index (κ3) is 5.51. The highest BCUT2D eigenvalue weighted by Crippen LogP contribution is 2.32. The van der Waals surface area contributed by atoms with Crippen molar-refractivity contribution >= 4 is 71.3 Å². The van der Waals surface area contributed by atoms with E-state index in [1.165, 1.54) is 12.1 Å². The molecule has 0 radical (unpaired) electrons. The first-order valence-electron chi connectivity index (χ1n) is 6.95. The number of carbonyl (C=O) groups is 1. The summed E-state index contributed by atoms with van der Waals surface area (Å²) in [5.74, 6) is -0.618. The van der Waals surface area contributed by atoms with Gasteiger partial charge >= 0.3 is 0 Å². The molecule has 8 nitrogen and oxygen atoms in total. The molecule has 0 aliphatic rings. The van der Waals surface area contributed by atoms with Gasteiger partial charge in [0.2, 0.25) is 0 Å². The number of nitro benzene ring substituents is 1. The van der Waals surface area contributed by atoms with E-state index in [0.717, 1.165) is 25.7 Å². The molecule has 0 aliphatic heterocycles. The lowest BCUT2D eigenvalue weighted by Gasteiger charge is -2.09. The number of hydrogen-bond donors (Lipinski definition) is 3. The maximum atomic E-state index is 11.8. The number of nitrogens with one attached hydrogen (secondary N) is 2. The molecule has 0 fully saturated rings. The van der Waals surface area contributed by atoms with Gasteiger partial charge in [-0.2, -0.15) is 5.10 Å². The smallest absolute Gasteiger partial charge is 0.270 e. The Morgan fingerprint density at radius 3 is 2.58 bits per heavy atom. The highest BCUT2D eigenvalue weighted by atomic mass is 79.9. The van der Waals surface area contributed by atoms with Crippen LogP contribution >= 0.6 is 47.8 Å². The van der Waals surface area contributed by atoms with Gasteiger partial charge in [0.15, 0.2) is 0 Å². The largest absolute Gasteiger partial charge is 0.507 e. The molecule has 26 heavy (non-hydrogen) atoms. The Labute approximate surface area is 173 Å². The van der Waals surface area contributed by atoms with Gasteiger partial charge in [0.25, 0.3) is 11.6 Å². The van der Waals surface area contributed by atoms with Crippen molar-refractivity contribution in [2.24, 2.45) is 5.10 Å². The van der Waals surface area contributed by atoms with Crippen LogP contribution in [-0.2, 0) is 4.79 Å². The minimum absolute atomic E-state index is 0.0507. The van der Waals surface area contributed by atoms with Crippen LogP contribution in [0.3, 0.4) is 0 Å². The van der Waals surface area contributed by atoms with Gasteiger partial charge in [0, 0.05) is 31.1 Å². The van der Waals surface area contributed by atoms with Crippen LogP contribution in [0.25, 0.3) is 0 Å². The van der Waals surface area contributed by atoms with Crippen molar-refractivity contribution in [2.45, 2.75) is 0 Å². The van der Waals surface area contributed by atoms with E-state index in [2.05, 4.69) is 63.6 Å². The van der Waals surface area contributed by atoms with Gasteiger partial charge in [-0.25, -0.2) is 5.43 Å². The Bertz CT molecular complexity index is 889. The zero-order valence-electron chi connectivity index (χ0n) is 12.9. The average Bonchev–Trinajstić information content (AvgIpc) is 2.58. The van der Waals surface area contributed by atoms with Crippen LogP contribution in [0.4, 0.5) is 11.4 Å². The van der Waals surface area contributed by atoms with E-state index in [1.807, 2.05) is 6.07 Å². The summed E-state index contributed by atoms with van der Waals surface area (Å²) in [5.41, 5.74) is 2.90. The molecule has 136 valence electrons. The molecule has 0 atom stereocenters. The minimum atomic E-state index is -0.590. The summed E-state index contributed by atoms with van der Waals surface area (Å²) >= 11 is 10.1. The molecular weight excluding hydrogens is 540 g/mol. The zero-order chi connectivity index (χ0) is 19.3. The quantitative estimate of drug-likeness (QED) is 0.216. The molecule has 2 aromatic rings.